The first kappa shape index (κ1) is 15.0. The van der Waals surface area contributed by atoms with Crippen LogP contribution in [-0.2, 0) is 13.1 Å². The molecule has 0 aliphatic heterocycles. The van der Waals surface area contributed by atoms with Crippen molar-refractivity contribution in [3.05, 3.63) is 47.8 Å². The summed E-state index contributed by atoms with van der Waals surface area (Å²) in [4.78, 5) is 14.2. The van der Waals surface area contributed by atoms with Gasteiger partial charge < -0.3 is 20.3 Å². The molecule has 1 amide bonds. The molecule has 0 saturated heterocycles. The molecule has 1 aromatic carbocycles. The number of benzene rings is 1. The summed E-state index contributed by atoms with van der Waals surface area (Å²) in [6.45, 7) is 3.25. The van der Waals surface area contributed by atoms with Gasteiger partial charge in [0.25, 0.3) is 5.91 Å². The fraction of sp³-hybridized carbons (Fsp3) is 0.312. The Hall–Kier alpha value is -2.43. The van der Waals surface area contributed by atoms with E-state index in [1.807, 2.05) is 10.6 Å². The van der Waals surface area contributed by atoms with Gasteiger partial charge in [-0.05, 0) is 30.2 Å². The lowest BCUT2D eigenvalue weighted by atomic mass is 10.2. The zero-order valence-electron chi connectivity index (χ0n) is 12.4. The van der Waals surface area contributed by atoms with Crippen LogP contribution in [0.25, 0.3) is 0 Å². The maximum atomic E-state index is 12.5. The second-order valence-corrected chi connectivity index (χ2v) is 5.18. The highest BCUT2D eigenvalue weighted by molar-refractivity contribution is 5.93. The quantitative estimate of drug-likeness (QED) is 0.887. The van der Waals surface area contributed by atoms with Crippen LogP contribution < -0.4 is 5.73 Å². The first-order valence-electron chi connectivity index (χ1n) is 7.00. The lowest BCUT2D eigenvalue weighted by molar-refractivity contribution is 0.0774. The fourth-order valence-corrected chi connectivity index (χ4v) is 2.33. The smallest absolute Gasteiger partial charge is 0.270 e. The number of nitrogen functional groups attached to an aromatic ring is 1. The number of nitrogens with two attached hydrogens (primary N) is 1. The number of phenols is 1. The predicted octanol–water partition coefficient (Wildman–Crippen LogP) is 2.46. The highest BCUT2D eigenvalue weighted by atomic mass is 16.3. The van der Waals surface area contributed by atoms with Crippen molar-refractivity contribution in [3.8, 4) is 5.75 Å². The molecule has 5 nitrogen and oxygen atoms in total. The van der Waals surface area contributed by atoms with Crippen molar-refractivity contribution >= 4 is 11.6 Å². The maximum Gasteiger partial charge on any atom is 0.270 e. The average molecular weight is 287 g/mol. The zero-order chi connectivity index (χ0) is 15.4. The number of aromatic hydroxyl groups is 1. The van der Waals surface area contributed by atoms with E-state index in [4.69, 9.17) is 5.73 Å². The molecular weight excluding hydrogens is 266 g/mol. The van der Waals surface area contributed by atoms with Crippen molar-refractivity contribution in [2.24, 2.45) is 0 Å². The maximum absolute atomic E-state index is 12.5. The van der Waals surface area contributed by atoms with Gasteiger partial charge in [-0.3, -0.25) is 4.79 Å². The highest BCUT2D eigenvalue weighted by Crippen LogP contribution is 2.16. The minimum Gasteiger partial charge on any atom is -0.508 e. The third-order valence-electron chi connectivity index (χ3n) is 3.28. The number of rotatable bonds is 5. The molecule has 0 saturated carbocycles. The number of anilines is 1. The van der Waals surface area contributed by atoms with Gasteiger partial charge >= 0.3 is 0 Å². The number of hydrogen-bond donors (Lipinski definition) is 2. The summed E-state index contributed by atoms with van der Waals surface area (Å²) in [5.41, 5.74) is 7.87. The van der Waals surface area contributed by atoms with Gasteiger partial charge in [-0.15, -0.1) is 0 Å². The van der Waals surface area contributed by atoms with Crippen LogP contribution in [0.1, 0.15) is 29.4 Å². The Labute approximate surface area is 124 Å². The van der Waals surface area contributed by atoms with Gasteiger partial charge in [0, 0.05) is 26.3 Å². The Morgan fingerprint density at radius 3 is 2.81 bits per heavy atom. The molecule has 0 unspecified atom stereocenters. The van der Waals surface area contributed by atoms with E-state index in [1.54, 1.807) is 42.4 Å². The molecule has 21 heavy (non-hydrogen) atoms. The third kappa shape index (κ3) is 3.56. The molecule has 5 heteroatoms. The molecule has 0 fully saturated rings. The Kier molecular flexibility index (Phi) is 4.52. The minimum absolute atomic E-state index is 0.0801. The van der Waals surface area contributed by atoms with Crippen LogP contribution in [-0.4, -0.2) is 27.5 Å². The molecular formula is C16H21N3O2. The van der Waals surface area contributed by atoms with Crippen molar-refractivity contribution in [1.29, 1.82) is 0 Å². The largest absolute Gasteiger partial charge is 0.508 e. The summed E-state index contributed by atoms with van der Waals surface area (Å²) in [5, 5.41) is 9.47. The normalized spacial score (nSPS) is 10.6. The van der Waals surface area contributed by atoms with Gasteiger partial charge in [-0.1, -0.05) is 19.1 Å². The summed E-state index contributed by atoms with van der Waals surface area (Å²) in [7, 11) is 1.74. The summed E-state index contributed by atoms with van der Waals surface area (Å²) in [6.07, 6.45) is 2.73. The lowest BCUT2D eigenvalue weighted by Crippen LogP contribution is -2.28. The Bertz CT molecular complexity index is 634. The molecule has 0 radical (unpaired) electrons. The van der Waals surface area contributed by atoms with Crippen LogP contribution in [0.4, 0.5) is 5.69 Å². The SMILES string of the molecule is CCCn1cc(N)cc1C(=O)N(C)Cc1cccc(O)c1. The Morgan fingerprint density at radius 2 is 2.14 bits per heavy atom. The van der Waals surface area contributed by atoms with Crippen LogP contribution in [0.2, 0.25) is 0 Å². The second kappa shape index (κ2) is 6.35. The monoisotopic (exact) mass is 287 g/mol. The van der Waals surface area contributed by atoms with E-state index >= 15 is 0 Å². The molecule has 112 valence electrons. The fourth-order valence-electron chi connectivity index (χ4n) is 2.33. The molecule has 1 aromatic heterocycles. The van der Waals surface area contributed by atoms with Crippen molar-refractivity contribution in [3.63, 3.8) is 0 Å². The van der Waals surface area contributed by atoms with E-state index in [2.05, 4.69) is 6.92 Å². The van der Waals surface area contributed by atoms with Gasteiger partial charge in [0.2, 0.25) is 0 Å². The number of phenolic OH excluding ortho intramolecular Hbond substituents is 1. The zero-order valence-corrected chi connectivity index (χ0v) is 12.4. The highest BCUT2D eigenvalue weighted by Gasteiger charge is 2.17. The van der Waals surface area contributed by atoms with E-state index in [0.717, 1.165) is 18.5 Å². The number of carbonyl (C=O) groups is 1. The van der Waals surface area contributed by atoms with Crippen molar-refractivity contribution in [2.75, 3.05) is 12.8 Å². The molecule has 2 rings (SSSR count). The first-order chi connectivity index (χ1) is 10.0. The predicted molar refractivity (Wildman–Crippen MR) is 83.0 cm³/mol. The van der Waals surface area contributed by atoms with Gasteiger partial charge in [0.1, 0.15) is 11.4 Å². The molecule has 2 aromatic rings. The summed E-state index contributed by atoms with van der Waals surface area (Å²) < 4.78 is 1.89. The number of aryl methyl sites for hydroxylation is 1. The topological polar surface area (TPSA) is 71.5 Å². The van der Waals surface area contributed by atoms with Gasteiger partial charge in [-0.2, -0.15) is 0 Å². The third-order valence-corrected chi connectivity index (χ3v) is 3.28. The molecule has 0 spiro atoms. The molecule has 0 aliphatic carbocycles. The number of hydrogen-bond acceptors (Lipinski definition) is 3. The van der Waals surface area contributed by atoms with Crippen molar-refractivity contribution in [1.82, 2.24) is 9.47 Å². The van der Waals surface area contributed by atoms with Crippen LogP contribution in [0.3, 0.4) is 0 Å². The van der Waals surface area contributed by atoms with E-state index in [0.29, 0.717) is 17.9 Å². The molecule has 1 heterocycles. The van der Waals surface area contributed by atoms with E-state index in [9.17, 15) is 9.90 Å². The second-order valence-electron chi connectivity index (χ2n) is 5.18. The Balaban J connectivity index is 2.15. The standard InChI is InChI=1S/C16H21N3O2/c1-3-7-19-11-13(17)9-15(19)16(21)18(2)10-12-5-4-6-14(20)8-12/h4-6,8-9,11,20H,3,7,10,17H2,1-2H3. The van der Waals surface area contributed by atoms with E-state index in [-0.39, 0.29) is 11.7 Å². The number of carbonyl (C=O) groups excluding carboxylic acids is 1. The summed E-state index contributed by atoms with van der Waals surface area (Å²) >= 11 is 0. The van der Waals surface area contributed by atoms with E-state index in [1.165, 1.54) is 0 Å². The number of amides is 1. The van der Waals surface area contributed by atoms with Gasteiger partial charge in [0.15, 0.2) is 0 Å². The number of aromatic nitrogens is 1. The van der Waals surface area contributed by atoms with Crippen molar-refractivity contribution < 1.29 is 9.90 Å². The van der Waals surface area contributed by atoms with Crippen LogP contribution >= 0.6 is 0 Å². The van der Waals surface area contributed by atoms with Crippen molar-refractivity contribution in [2.45, 2.75) is 26.4 Å². The summed E-state index contributed by atoms with van der Waals surface area (Å²) in [5.74, 6) is 0.121. The van der Waals surface area contributed by atoms with Crippen LogP contribution in [0.15, 0.2) is 36.5 Å². The van der Waals surface area contributed by atoms with E-state index < -0.39 is 0 Å². The average Bonchev–Trinajstić information content (AvgIpc) is 2.79. The molecule has 0 bridgehead atoms. The molecule has 0 atom stereocenters. The number of nitrogens with zero attached hydrogens (tertiary/aromatic N) is 2. The minimum atomic E-state index is -0.0801. The van der Waals surface area contributed by atoms with Gasteiger partial charge in [-0.25, -0.2) is 0 Å². The van der Waals surface area contributed by atoms with Crippen LogP contribution in [0, 0.1) is 0 Å². The lowest BCUT2D eigenvalue weighted by Gasteiger charge is -2.18. The summed E-state index contributed by atoms with van der Waals surface area (Å²) in [6, 6.07) is 8.61. The van der Waals surface area contributed by atoms with Crippen LogP contribution in [0.5, 0.6) is 5.75 Å². The molecule has 3 N–H and O–H groups in total. The first-order valence-corrected chi connectivity index (χ1v) is 7.00. The Morgan fingerprint density at radius 1 is 1.38 bits per heavy atom. The van der Waals surface area contributed by atoms with Gasteiger partial charge in [0.05, 0.1) is 5.69 Å². The molecule has 0 aliphatic rings.